The van der Waals surface area contributed by atoms with E-state index in [4.69, 9.17) is 10.6 Å². The lowest BCUT2D eigenvalue weighted by atomic mass is 10.1. The van der Waals surface area contributed by atoms with Gasteiger partial charge in [0.2, 0.25) is 5.96 Å². The van der Waals surface area contributed by atoms with Crippen molar-refractivity contribution in [1.29, 1.82) is 0 Å². The number of guanidine groups is 1. The molecule has 0 heterocycles. The lowest BCUT2D eigenvalue weighted by Crippen LogP contribution is -2.53. The van der Waals surface area contributed by atoms with Crippen molar-refractivity contribution in [2.75, 3.05) is 20.3 Å². The molecule has 0 aliphatic rings. The summed E-state index contributed by atoms with van der Waals surface area (Å²) in [6, 6.07) is 0. The Kier molecular flexibility index (Phi) is 7.07. The van der Waals surface area contributed by atoms with Gasteiger partial charge in [-0.15, -0.1) is 0 Å². The Balaban J connectivity index is 4.12. The number of unbranched alkanes of at least 4 members (excludes halogenated alkanes) is 1. The zero-order valence-electron chi connectivity index (χ0n) is 10.3. The maximum atomic E-state index is 5.37. The van der Waals surface area contributed by atoms with E-state index in [0.717, 1.165) is 19.4 Å². The van der Waals surface area contributed by atoms with Crippen molar-refractivity contribution < 1.29 is 4.74 Å². The molecule has 0 aliphatic carbocycles. The third kappa shape index (κ3) is 7.16. The zero-order chi connectivity index (χ0) is 11.7. The van der Waals surface area contributed by atoms with E-state index in [2.05, 4.69) is 22.7 Å². The zero-order valence-corrected chi connectivity index (χ0v) is 10.3. The van der Waals surface area contributed by atoms with Gasteiger partial charge in [-0.3, -0.25) is 10.4 Å². The van der Waals surface area contributed by atoms with Crippen LogP contribution in [-0.2, 0) is 4.74 Å². The van der Waals surface area contributed by atoms with E-state index < -0.39 is 0 Å². The Hall–Kier alpha value is -0.810. The molecule has 0 aromatic rings. The Morgan fingerprint density at radius 3 is 2.60 bits per heavy atom. The van der Waals surface area contributed by atoms with E-state index in [9.17, 15) is 0 Å². The molecule has 0 bridgehead atoms. The maximum absolute atomic E-state index is 5.37. The third-order valence-electron chi connectivity index (χ3n) is 1.88. The SMILES string of the molecule is CCCCN=C(NN)NC(C)(C)COC. The van der Waals surface area contributed by atoms with Crippen LogP contribution in [0, 0.1) is 0 Å². The highest BCUT2D eigenvalue weighted by atomic mass is 16.5. The molecule has 0 unspecified atom stereocenters. The number of hydrazine groups is 1. The number of aliphatic imine (C=N–C) groups is 1. The largest absolute Gasteiger partial charge is 0.382 e. The third-order valence-corrected chi connectivity index (χ3v) is 1.88. The molecular weight excluding hydrogens is 192 g/mol. The number of nitrogens with two attached hydrogens (primary N) is 1. The molecule has 0 radical (unpaired) electrons. The summed E-state index contributed by atoms with van der Waals surface area (Å²) in [5.74, 6) is 5.99. The van der Waals surface area contributed by atoms with Crippen LogP contribution in [0.1, 0.15) is 33.6 Å². The van der Waals surface area contributed by atoms with Gasteiger partial charge in [-0.05, 0) is 20.3 Å². The predicted octanol–water partition coefficient (Wildman–Crippen LogP) is 0.620. The number of rotatable bonds is 6. The van der Waals surface area contributed by atoms with Crippen LogP contribution in [0.2, 0.25) is 0 Å². The topological polar surface area (TPSA) is 71.7 Å². The molecule has 0 aromatic heterocycles. The standard InChI is InChI=1S/C10H24N4O/c1-5-6-7-12-9(14-11)13-10(2,3)8-15-4/h5-8,11H2,1-4H3,(H2,12,13,14). The van der Waals surface area contributed by atoms with Crippen LogP contribution < -0.4 is 16.6 Å². The summed E-state index contributed by atoms with van der Waals surface area (Å²) in [4.78, 5) is 4.31. The van der Waals surface area contributed by atoms with Gasteiger partial charge in [0.25, 0.3) is 0 Å². The molecule has 5 nitrogen and oxygen atoms in total. The van der Waals surface area contributed by atoms with Gasteiger partial charge in [0, 0.05) is 13.7 Å². The molecule has 0 amide bonds. The van der Waals surface area contributed by atoms with Gasteiger partial charge in [0.15, 0.2) is 0 Å². The van der Waals surface area contributed by atoms with Gasteiger partial charge in [-0.2, -0.15) is 0 Å². The molecule has 0 saturated carbocycles. The van der Waals surface area contributed by atoms with E-state index >= 15 is 0 Å². The highest BCUT2D eigenvalue weighted by Crippen LogP contribution is 2.01. The molecule has 5 heteroatoms. The maximum Gasteiger partial charge on any atom is 0.206 e. The minimum absolute atomic E-state index is 0.174. The van der Waals surface area contributed by atoms with Crippen molar-refractivity contribution in [3.05, 3.63) is 0 Å². The number of methoxy groups -OCH3 is 1. The first kappa shape index (κ1) is 14.2. The van der Waals surface area contributed by atoms with Crippen LogP contribution in [0.4, 0.5) is 0 Å². The molecule has 0 saturated heterocycles. The van der Waals surface area contributed by atoms with Gasteiger partial charge in [0.05, 0.1) is 12.1 Å². The average Bonchev–Trinajstić information content (AvgIpc) is 2.16. The summed E-state index contributed by atoms with van der Waals surface area (Å²) < 4.78 is 5.09. The summed E-state index contributed by atoms with van der Waals surface area (Å²) in [6.07, 6.45) is 2.19. The van der Waals surface area contributed by atoms with Gasteiger partial charge < -0.3 is 10.1 Å². The summed E-state index contributed by atoms with van der Waals surface area (Å²) in [5.41, 5.74) is 2.38. The monoisotopic (exact) mass is 216 g/mol. The molecule has 0 aromatic carbocycles. The summed E-state index contributed by atoms with van der Waals surface area (Å²) >= 11 is 0. The minimum atomic E-state index is -0.174. The summed E-state index contributed by atoms with van der Waals surface area (Å²) in [6.45, 7) is 7.58. The van der Waals surface area contributed by atoms with Crippen LogP contribution in [0.3, 0.4) is 0 Å². The van der Waals surface area contributed by atoms with Gasteiger partial charge >= 0.3 is 0 Å². The number of nitrogens with zero attached hydrogens (tertiary/aromatic N) is 1. The Morgan fingerprint density at radius 1 is 1.47 bits per heavy atom. The van der Waals surface area contributed by atoms with E-state index in [0.29, 0.717) is 12.6 Å². The summed E-state index contributed by atoms with van der Waals surface area (Å²) in [5, 5.41) is 3.19. The molecule has 0 spiro atoms. The molecular formula is C10H24N4O. The van der Waals surface area contributed by atoms with Crippen molar-refractivity contribution >= 4 is 5.96 Å². The van der Waals surface area contributed by atoms with Crippen molar-refractivity contribution in [2.24, 2.45) is 10.8 Å². The molecule has 0 aliphatic heterocycles. The first-order chi connectivity index (χ1) is 7.05. The van der Waals surface area contributed by atoms with Gasteiger partial charge in [0.1, 0.15) is 0 Å². The lowest BCUT2D eigenvalue weighted by molar-refractivity contribution is 0.139. The normalized spacial score (nSPS) is 12.7. The smallest absolute Gasteiger partial charge is 0.206 e. The van der Waals surface area contributed by atoms with Crippen molar-refractivity contribution in [3.63, 3.8) is 0 Å². The van der Waals surface area contributed by atoms with Crippen LogP contribution >= 0.6 is 0 Å². The predicted molar refractivity (Wildman–Crippen MR) is 63.6 cm³/mol. The average molecular weight is 216 g/mol. The fraction of sp³-hybridized carbons (Fsp3) is 0.900. The number of hydrogen-bond donors (Lipinski definition) is 3. The van der Waals surface area contributed by atoms with Crippen molar-refractivity contribution in [3.8, 4) is 0 Å². The van der Waals surface area contributed by atoms with Gasteiger partial charge in [-0.25, -0.2) is 5.84 Å². The van der Waals surface area contributed by atoms with Gasteiger partial charge in [-0.1, -0.05) is 13.3 Å². The highest BCUT2D eigenvalue weighted by molar-refractivity contribution is 5.79. The first-order valence-electron chi connectivity index (χ1n) is 5.34. The molecule has 4 N–H and O–H groups in total. The van der Waals surface area contributed by atoms with E-state index in [-0.39, 0.29) is 5.54 Å². The van der Waals surface area contributed by atoms with E-state index in [1.165, 1.54) is 0 Å². The molecule has 90 valence electrons. The Morgan fingerprint density at radius 2 is 2.13 bits per heavy atom. The Bertz CT molecular complexity index is 192. The van der Waals surface area contributed by atoms with E-state index in [1.807, 2.05) is 13.8 Å². The highest BCUT2D eigenvalue weighted by Gasteiger charge is 2.18. The second-order valence-corrected chi connectivity index (χ2v) is 4.17. The fourth-order valence-corrected chi connectivity index (χ4v) is 1.19. The Labute approximate surface area is 92.4 Å². The fourth-order valence-electron chi connectivity index (χ4n) is 1.19. The molecule has 0 atom stereocenters. The first-order valence-corrected chi connectivity index (χ1v) is 5.34. The number of hydrogen-bond acceptors (Lipinski definition) is 3. The van der Waals surface area contributed by atoms with Crippen LogP contribution in [0.25, 0.3) is 0 Å². The van der Waals surface area contributed by atoms with Crippen LogP contribution in [-0.4, -0.2) is 31.8 Å². The minimum Gasteiger partial charge on any atom is -0.382 e. The van der Waals surface area contributed by atoms with Crippen molar-refractivity contribution in [1.82, 2.24) is 10.7 Å². The van der Waals surface area contributed by atoms with Crippen LogP contribution in [0.15, 0.2) is 4.99 Å². The molecule has 0 rings (SSSR count). The lowest BCUT2D eigenvalue weighted by Gasteiger charge is -2.26. The van der Waals surface area contributed by atoms with Crippen LogP contribution in [0.5, 0.6) is 0 Å². The van der Waals surface area contributed by atoms with E-state index in [1.54, 1.807) is 7.11 Å². The number of nitrogens with one attached hydrogen (secondary N) is 2. The quantitative estimate of drug-likeness (QED) is 0.200. The second-order valence-electron chi connectivity index (χ2n) is 4.17. The molecule has 15 heavy (non-hydrogen) atoms. The molecule has 0 fully saturated rings. The van der Waals surface area contributed by atoms with Crippen molar-refractivity contribution in [2.45, 2.75) is 39.2 Å². The summed E-state index contributed by atoms with van der Waals surface area (Å²) in [7, 11) is 1.67. The second kappa shape index (κ2) is 7.48. The number of ether oxygens (including phenoxy) is 1.